The van der Waals surface area contributed by atoms with Crippen LogP contribution in [0.1, 0.15) is 0 Å². The Labute approximate surface area is 204 Å². The molecule has 7 aromatic rings. The van der Waals surface area contributed by atoms with Crippen LogP contribution >= 0.6 is 22.6 Å². The summed E-state index contributed by atoms with van der Waals surface area (Å²) in [6.07, 6.45) is 0. The molecule has 33 heavy (non-hydrogen) atoms. The summed E-state index contributed by atoms with van der Waals surface area (Å²) in [5.41, 5.74) is 4.67. The van der Waals surface area contributed by atoms with Gasteiger partial charge in [-0.3, -0.25) is 9.13 Å². The van der Waals surface area contributed by atoms with Crippen molar-refractivity contribution < 1.29 is 0 Å². The molecule has 0 saturated heterocycles. The number of halogens is 1. The highest BCUT2D eigenvalue weighted by Gasteiger charge is 2.16. The predicted molar refractivity (Wildman–Crippen MR) is 146 cm³/mol. The van der Waals surface area contributed by atoms with Gasteiger partial charge in [-0.25, -0.2) is 4.98 Å². The van der Waals surface area contributed by atoms with Crippen LogP contribution in [0.5, 0.6) is 0 Å². The van der Waals surface area contributed by atoms with Crippen molar-refractivity contribution in [2.24, 2.45) is 0 Å². The van der Waals surface area contributed by atoms with Crippen LogP contribution in [0.3, 0.4) is 0 Å². The van der Waals surface area contributed by atoms with E-state index in [-0.39, 0.29) is 0 Å². The summed E-state index contributed by atoms with van der Waals surface area (Å²) >= 11 is 2.41. The van der Waals surface area contributed by atoms with Gasteiger partial charge in [-0.2, -0.15) is 0 Å². The lowest BCUT2D eigenvalue weighted by molar-refractivity contribution is 1.01. The van der Waals surface area contributed by atoms with E-state index in [1.807, 2.05) is 0 Å². The topological polar surface area (TPSA) is 22.8 Å². The van der Waals surface area contributed by atoms with E-state index >= 15 is 0 Å². The Bertz CT molecular complexity index is 1600. The van der Waals surface area contributed by atoms with E-state index in [0.29, 0.717) is 0 Å². The van der Waals surface area contributed by atoms with Crippen molar-refractivity contribution >= 4 is 66.2 Å². The van der Waals surface area contributed by atoms with Crippen molar-refractivity contribution in [3.63, 3.8) is 0 Å². The fraction of sp³-hybridized carbons (Fsp3) is 0. The average molecular weight is 535 g/mol. The molecule has 3 heterocycles. The fourth-order valence-electron chi connectivity index (χ4n) is 5.04. The maximum absolute atomic E-state index is 5.24. The smallest absolute Gasteiger partial charge is 0.141 e. The molecule has 0 spiro atoms. The van der Waals surface area contributed by atoms with Gasteiger partial charge in [0.2, 0.25) is 0 Å². The summed E-state index contributed by atoms with van der Waals surface area (Å²) in [6, 6.07) is 38.6. The number of nitrogens with zero attached hydrogens (tertiary/aromatic N) is 3. The van der Waals surface area contributed by atoms with E-state index in [2.05, 4.69) is 141 Å². The zero-order chi connectivity index (χ0) is 21.9. The van der Waals surface area contributed by atoms with Crippen LogP contribution in [0.4, 0.5) is 0 Å². The number of rotatable bonds is 2. The Balaban J connectivity index is 1.58. The molecule has 0 bridgehead atoms. The Morgan fingerprint density at radius 1 is 0.455 bits per heavy atom. The number of hydrogen-bond acceptors (Lipinski definition) is 1. The molecule has 0 atom stereocenters. The van der Waals surface area contributed by atoms with Crippen molar-refractivity contribution in [1.29, 1.82) is 0 Å². The zero-order valence-electron chi connectivity index (χ0n) is 17.6. The third-order valence-corrected chi connectivity index (χ3v) is 7.00. The first-order chi connectivity index (χ1) is 16.3. The van der Waals surface area contributed by atoms with Crippen LogP contribution in [-0.4, -0.2) is 14.1 Å². The maximum atomic E-state index is 5.24. The standard InChI is InChI=1S/C29H18IN3/c30-19-17-28(32-24-13-5-1-9-20(24)21-10-2-6-14-25(21)32)31-29(18-19)33-26-15-7-3-11-22(26)23-12-4-8-16-27(23)33/h1-18H. The number of para-hydroxylation sites is 4. The molecule has 156 valence electrons. The normalized spacial score (nSPS) is 11.8. The van der Waals surface area contributed by atoms with Crippen molar-refractivity contribution in [3.05, 3.63) is 113 Å². The van der Waals surface area contributed by atoms with Gasteiger partial charge in [0.15, 0.2) is 0 Å². The third-order valence-electron chi connectivity index (χ3n) is 6.38. The highest BCUT2D eigenvalue weighted by atomic mass is 127. The molecule has 0 fully saturated rings. The molecule has 0 unspecified atom stereocenters. The minimum Gasteiger partial charge on any atom is -0.294 e. The van der Waals surface area contributed by atoms with Crippen LogP contribution in [0.15, 0.2) is 109 Å². The number of pyridine rings is 1. The minimum atomic E-state index is 0.927. The molecule has 3 aromatic heterocycles. The van der Waals surface area contributed by atoms with E-state index in [0.717, 1.165) is 15.2 Å². The molecule has 0 aliphatic rings. The quantitative estimate of drug-likeness (QED) is 0.207. The van der Waals surface area contributed by atoms with Crippen LogP contribution in [0, 0.1) is 3.57 Å². The molecular weight excluding hydrogens is 517 g/mol. The molecule has 0 aliphatic heterocycles. The van der Waals surface area contributed by atoms with E-state index < -0.39 is 0 Å². The van der Waals surface area contributed by atoms with Gasteiger partial charge >= 0.3 is 0 Å². The Morgan fingerprint density at radius 3 is 1.09 bits per heavy atom. The number of benzene rings is 4. The lowest BCUT2D eigenvalue weighted by Crippen LogP contribution is -2.04. The average Bonchev–Trinajstić information content (AvgIpc) is 3.37. The molecule has 0 N–H and O–H groups in total. The van der Waals surface area contributed by atoms with Crippen LogP contribution in [0.25, 0.3) is 55.2 Å². The Kier molecular flexibility index (Phi) is 4.11. The van der Waals surface area contributed by atoms with Crippen molar-refractivity contribution in [2.45, 2.75) is 0 Å². The molecule has 7 rings (SSSR count). The summed E-state index contributed by atoms with van der Waals surface area (Å²) in [6.45, 7) is 0. The first kappa shape index (κ1) is 18.9. The van der Waals surface area contributed by atoms with Gasteiger partial charge in [0.05, 0.1) is 22.1 Å². The molecule has 0 aliphatic carbocycles. The number of hydrogen-bond donors (Lipinski definition) is 0. The minimum absolute atomic E-state index is 0.927. The van der Waals surface area contributed by atoms with Gasteiger partial charge < -0.3 is 0 Å². The van der Waals surface area contributed by atoms with Gasteiger partial charge in [-0.1, -0.05) is 72.8 Å². The summed E-state index contributed by atoms with van der Waals surface area (Å²) < 4.78 is 5.71. The van der Waals surface area contributed by atoms with Crippen LogP contribution in [0.2, 0.25) is 0 Å². The van der Waals surface area contributed by atoms with Gasteiger partial charge in [-0.05, 0) is 59.0 Å². The molecule has 0 saturated carbocycles. The first-order valence-electron chi connectivity index (χ1n) is 10.9. The second kappa shape index (κ2) is 7.18. The SMILES string of the molecule is Ic1cc(-n2c3ccccc3c3ccccc32)nc(-n2c3ccccc3c3ccccc32)c1. The monoisotopic (exact) mass is 535 g/mol. The Morgan fingerprint density at radius 2 is 0.758 bits per heavy atom. The van der Waals surface area contributed by atoms with E-state index in [1.54, 1.807) is 0 Å². The highest BCUT2D eigenvalue weighted by molar-refractivity contribution is 14.1. The molecule has 0 amide bonds. The molecule has 3 nitrogen and oxygen atoms in total. The highest BCUT2D eigenvalue weighted by Crippen LogP contribution is 2.34. The summed E-state index contributed by atoms with van der Waals surface area (Å²) in [5, 5.41) is 4.97. The maximum Gasteiger partial charge on any atom is 0.141 e. The number of aromatic nitrogens is 3. The van der Waals surface area contributed by atoms with Crippen molar-refractivity contribution in [3.8, 4) is 11.6 Å². The lowest BCUT2D eigenvalue weighted by Gasteiger charge is -2.12. The second-order valence-corrected chi connectivity index (χ2v) is 9.49. The summed E-state index contributed by atoms with van der Waals surface area (Å²) in [4.78, 5) is 5.24. The number of fused-ring (bicyclic) bond motifs is 6. The van der Waals surface area contributed by atoms with Gasteiger partial charge in [0.25, 0.3) is 0 Å². The summed E-state index contributed by atoms with van der Waals surface area (Å²) in [7, 11) is 0. The lowest BCUT2D eigenvalue weighted by atomic mass is 10.2. The molecule has 0 radical (unpaired) electrons. The van der Waals surface area contributed by atoms with E-state index in [9.17, 15) is 0 Å². The molecule has 4 aromatic carbocycles. The molecular formula is C29H18IN3. The van der Waals surface area contributed by atoms with Gasteiger partial charge in [-0.15, -0.1) is 0 Å². The van der Waals surface area contributed by atoms with Crippen molar-refractivity contribution in [1.82, 2.24) is 14.1 Å². The zero-order valence-corrected chi connectivity index (χ0v) is 19.8. The fourth-order valence-corrected chi connectivity index (χ4v) is 5.60. The third kappa shape index (κ3) is 2.77. The summed E-state index contributed by atoms with van der Waals surface area (Å²) in [5.74, 6) is 1.85. The van der Waals surface area contributed by atoms with Crippen LogP contribution < -0.4 is 0 Å². The first-order valence-corrected chi connectivity index (χ1v) is 12.0. The van der Waals surface area contributed by atoms with Gasteiger partial charge in [0.1, 0.15) is 11.6 Å². The van der Waals surface area contributed by atoms with E-state index in [4.69, 9.17) is 4.98 Å². The van der Waals surface area contributed by atoms with Crippen molar-refractivity contribution in [2.75, 3.05) is 0 Å². The second-order valence-electron chi connectivity index (χ2n) is 8.24. The predicted octanol–water partition coefficient (Wildman–Crippen LogP) is 7.88. The largest absolute Gasteiger partial charge is 0.294 e. The van der Waals surface area contributed by atoms with Gasteiger partial charge in [0, 0.05) is 25.1 Å². The molecule has 4 heteroatoms. The van der Waals surface area contributed by atoms with Crippen LogP contribution in [-0.2, 0) is 0 Å². The Hall–Kier alpha value is -3.64. The van der Waals surface area contributed by atoms with E-state index in [1.165, 1.54) is 43.6 Å².